The summed E-state index contributed by atoms with van der Waals surface area (Å²) in [5.41, 5.74) is 2.95. The largest absolute Gasteiger partial charge is 0.380 e. The Labute approximate surface area is 124 Å². The predicted octanol–water partition coefficient (Wildman–Crippen LogP) is 4.45. The minimum absolute atomic E-state index is 0.225. The Bertz CT molecular complexity index is 364. The molecule has 0 saturated heterocycles. The summed E-state index contributed by atoms with van der Waals surface area (Å²) in [4.78, 5) is 0. The number of hydrogen-bond donors (Lipinski definition) is 1. The number of unbranched alkanes of at least 4 members (excludes halogenated alkanes) is 1. The third-order valence-electron chi connectivity index (χ3n) is 3.62. The highest BCUT2D eigenvalue weighted by atomic mass is 16.5. The minimum Gasteiger partial charge on any atom is -0.380 e. The number of hydrogen-bond acceptors (Lipinski definition) is 2. The van der Waals surface area contributed by atoms with Gasteiger partial charge >= 0.3 is 0 Å². The fraction of sp³-hybridized carbons (Fsp3) is 0.667. The third-order valence-corrected chi connectivity index (χ3v) is 3.62. The molecule has 0 fully saturated rings. The van der Waals surface area contributed by atoms with E-state index in [9.17, 15) is 0 Å². The fourth-order valence-corrected chi connectivity index (χ4v) is 2.09. The Kier molecular flexibility index (Phi) is 7.25. The molecule has 1 atom stereocenters. The highest BCUT2D eigenvalue weighted by molar-refractivity contribution is 5.28. The zero-order valence-electron chi connectivity index (χ0n) is 13.8. The summed E-state index contributed by atoms with van der Waals surface area (Å²) < 4.78 is 5.56. The van der Waals surface area contributed by atoms with Crippen molar-refractivity contribution in [1.82, 2.24) is 5.32 Å². The first-order chi connectivity index (χ1) is 9.45. The molecule has 0 heterocycles. The van der Waals surface area contributed by atoms with Crippen LogP contribution in [0.5, 0.6) is 0 Å². The fourth-order valence-electron chi connectivity index (χ4n) is 2.09. The quantitative estimate of drug-likeness (QED) is 0.709. The van der Waals surface area contributed by atoms with Gasteiger partial charge in [0, 0.05) is 19.2 Å². The summed E-state index contributed by atoms with van der Waals surface area (Å²) in [7, 11) is 0. The lowest BCUT2D eigenvalue weighted by Crippen LogP contribution is -2.23. The van der Waals surface area contributed by atoms with Crippen molar-refractivity contribution >= 4 is 0 Å². The Balaban J connectivity index is 2.34. The van der Waals surface area contributed by atoms with E-state index in [1.165, 1.54) is 17.5 Å². The molecule has 2 heteroatoms. The van der Waals surface area contributed by atoms with Gasteiger partial charge in [-0.25, -0.2) is 0 Å². The van der Waals surface area contributed by atoms with E-state index in [4.69, 9.17) is 4.74 Å². The first-order valence-corrected chi connectivity index (χ1v) is 7.86. The number of nitrogens with one attached hydrogen (secondary N) is 1. The second-order valence-corrected chi connectivity index (χ2v) is 6.51. The molecule has 0 amide bonds. The lowest BCUT2D eigenvalue weighted by molar-refractivity contribution is 0.131. The summed E-state index contributed by atoms with van der Waals surface area (Å²) in [6, 6.07) is 9.32. The molecule has 114 valence electrons. The second-order valence-electron chi connectivity index (χ2n) is 6.51. The van der Waals surface area contributed by atoms with E-state index in [2.05, 4.69) is 64.2 Å². The maximum Gasteiger partial charge on any atom is 0.0591 e. The van der Waals surface area contributed by atoms with Crippen LogP contribution in [-0.2, 0) is 10.2 Å². The lowest BCUT2D eigenvalue weighted by atomic mass is 9.86. The molecule has 0 aliphatic carbocycles. The van der Waals surface area contributed by atoms with Gasteiger partial charge in [-0.3, -0.25) is 0 Å². The van der Waals surface area contributed by atoms with Crippen LogP contribution in [0, 0.1) is 0 Å². The molecule has 0 spiro atoms. The molecule has 0 aromatic heterocycles. The van der Waals surface area contributed by atoms with E-state index >= 15 is 0 Å². The van der Waals surface area contributed by atoms with Gasteiger partial charge in [-0.1, -0.05) is 58.4 Å². The number of ether oxygens (including phenoxy) is 1. The summed E-state index contributed by atoms with van der Waals surface area (Å²) in [6.45, 7) is 13.7. The van der Waals surface area contributed by atoms with Gasteiger partial charge < -0.3 is 10.1 Å². The van der Waals surface area contributed by atoms with Gasteiger partial charge in [0.1, 0.15) is 0 Å². The first kappa shape index (κ1) is 17.2. The van der Waals surface area contributed by atoms with Crippen molar-refractivity contribution in [3.63, 3.8) is 0 Å². The number of rotatable bonds is 8. The monoisotopic (exact) mass is 277 g/mol. The van der Waals surface area contributed by atoms with E-state index in [-0.39, 0.29) is 5.41 Å². The third kappa shape index (κ3) is 6.06. The highest BCUT2D eigenvalue weighted by Gasteiger charge is 2.13. The molecule has 0 aliphatic rings. The average molecular weight is 277 g/mol. The second kappa shape index (κ2) is 8.43. The van der Waals surface area contributed by atoms with Gasteiger partial charge in [0.05, 0.1) is 6.61 Å². The van der Waals surface area contributed by atoms with Gasteiger partial charge in [0.25, 0.3) is 0 Å². The van der Waals surface area contributed by atoms with Crippen molar-refractivity contribution in [2.24, 2.45) is 0 Å². The topological polar surface area (TPSA) is 21.3 Å². The maximum absolute atomic E-state index is 5.56. The van der Waals surface area contributed by atoms with Crippen molar-refractivity contribution in [2.75, 3.05) is 19.8 Å². The van der Waals surface area contributed by atoms with Crippen molar-refractivity contribution in [3.05, 3.63) is 35.4 Å². The standard InChI is InChI=1S/C18H31NO/c1-6-7-13-20-14-12-19-15(2)16-8-10-17(11-9-16)18(3,4)5/h8-11,15,19H,6-7,12-14H2,1-5H3. The summed E-state index contributed by atoms with van der Waals surface area (Å²) in [6.07, 6.45) is 2.35. The van der Waals surface area contributed by atoms with E-state index in [1.54, 1.807) is 0 Å². The molecule has 1 unspecified atom stereocenters. The van der Waals surface area contributed by atoms with Gasteiger partial charge in [0.15, 0.2) is 0 Å². The molecule has 1 rings (SSSR count). The number of benzene rings is 1. The normalized spacial score (nSPS) is 13.4. The van der Waals surface area contributed by atoms with Crippen LogP contribution in [0.2, 0.25) is 0 Å². The molecule has 0 aliphatic heterocycles. The van der Waals surface area contributed by atoms with E-state index in [1.807, 2.05) is 0 Å². The van der Waals surface area contributed by atoms with Crippen LogP contribution in [0.1, 0.15) is 64.6 Å². The molecule has 1 aromatic rings. The van der Waals surface area contributed by atoms with Crippen molar-refractivity contribution in [2.45, 2.75) is 58.9 Å². The molecule has 0 saturated carbocycles. The Morgan fingerprint density at radius 1 is 1.10 bits per heavy atom. The molecule has 1 aromatic carbocycles. The predicted molar refractivity (Wildman–Crippen MR) is 87.3 cm³/mol. The van der Waals surface area contributed by atoms with Gasteiger partial charge in [-0.15, -0.1) is 0 Å². The zero-order chi connectivity index (χ0) is 15.0. The van der Waals surface area contributed by atoms with E-state index in [0.29, 0.717) is 6.04 Å². The van der Waals surface area contributed by atoms with E-state index < -0.39 is 0 Å². The van der Waals surface area contributed by atoms with Crippen molar-refractivity contribution in [1.29, 1.82) is 0 Å². The highest BCUT2D eigenvalue weighted by Crippen LogP contribution is 2.23. The Hall–Kier alpha value is -0.860. The van der Waals surface area contributed by atoms with Crippen molar-refractivity contribution in [3.8, 4) is 0 Å². The van der Waals surface area contributed by atoms with Crippen LogP contribution in [0.3, 0.4) is 0 Å². The van der Waals surface area contributed by atoms with E-state index in [0.717, 1.165) is 26.2 Å². The molecule has 20 heavy (non-hydrogen) atoms. The van der Waals surface area contributed by atoms with Gasteiger partial charge in [-0.05, 0) is 29.9 Å². The van der Waals surface area contributed by atoms with Crippen LogP contribution >= 0.6 is 0 Å². The van der Waals surface area contributed by atoms with Crippen LogP contribution in [0.25, 0.3) is 0 Å². The smallest absolute Gasteiger partial charge is 0.0591 e. The molecular formula is C18H31NO. The zero-order valence-corrected chi connectivity index (χ0v) is 13.8. The summed E-state index contributed by atoms with van der Waals surface area (Å²) >= 11 is 0. The first-order valence-electron chi connectivity index (χ1n) is 7.86. The van der Waals surface area contributed by atoms with Gasteiger partial charge in [0.2, 0.25) is 0 Å². The summed E-state index contributed by atoms with van der Waals surface area (Å²) in [5, 5.41) is 3.51. The van der Waals surface area contributed by atoms with Crippen LogP contribution in [0.4, 0.5) is 0 Å². The molecule has 0 radical (unpaired) electrons. The van der Waals surface area contributed by atoms with Crippen LogP contribution in [-0.4, -0.2) is 19.8 Å². The SMILES string of the molecule is CCCCOCCNC(C)c1ccc(C(C)(C)C)cc1. The molecular weight excluding hydrogens is 246 g/mol. The van der Waals surface area contributed by atoms with Crippen LogP contribution in [0.15, 0.2) is 24.3 Å². The van der Waals surface area contributed by atoms with Crippen LogP contribution < -0.4 is 5.32 Å². The molecule has 1 N–H and O–H groups in total. The summed E-state index contributed by atoms with van der Waals surface area (Å²) in [5.74, 6) is 0. The van der Waals surface area contributed by atoms with Crippen molar-refractivity contribution < 1.29 is 4.74 Å². The Morgan fingerprint density at radius 2 is 1.75 bits per heavy atom. The molecule has 2 nitrogen and oxygen atoms in total. The lowest BCUT2D eigenvalue weighted by Gasteiger charge is -2.20. The molecule has 0 bridgehead atoms. The van der Waals surface area contributed by atoms with Gasteiger partial charge in [-0.2, -0.15) is 0 Å². The Morgan fingerprint density at radius 3 is 2.30 bits per heavy atom. The minimum atomic E-state index is 0.225. The average Bonchev–Trinajstić information content (AvgIpc) is 2.41. The maximum atomic E-state index is 5.56.